The molecule has 0 saturated carbocycles. The molecule has 14 heteroatoms. The number of benzene rings is 3. The van der Waals surface area contributed by atoms with E-state index in [-0.39, 0.29) is 42.7 Å². The Kier molecular flexibility index (Phi) is 11.6. The minimum Gasteiger partial charge on any atom is -0.493 e. The van der Waals surface area contributed by atoms with E-state index in [9.17, 15) is 8.42 Å². The molecule has 230 valence electrons. The van der Waals surface area contributed by atoms with Crippen LogP contribution < -0.4 is 51.4 Å². The maximum absolute atomic E-state index is 13.6. The van der Waals surface area contributed by atoms with E-state index in [1.807, 2.05) is 0 Å². The second-order valence-electron chi connectivity index (χ2n) is 8.97. The van der Waals surface area contributed by atoms with Crippen LogP contribution in [0.5, 0.6) is 34.5 Å². The SMILES string of the molecule is COc1cc(C(N)N)cc(OC)c1OCCN(CCOc1c(OC)cc(C(N)N)cc1OC)S(=O)(=O)c1ccccc1. The molecule has 0 aliphatic carbocycles. The van der Waals surface area contributed by atoms with Crippen molar-refractivity contribution in [3.8, 4) is 34.5 Å². The van der Waals surface area contributed by atoms with Gasteiger partial charge in [-0.15, -0.1) is 0 Å². The zero-order valence-electron chi connectivity index (χ0n) is 24.1. The lowest BCUT2D eigenvalue weighted by Crippen LogP contribution is -2.37. The molecule has 3 aromatic carbocycles. The molecule has 0 spiro atoms. The van der Waals surface area contributed by atoms with Crippen molar-refractivity contribution in [2.24, 2.45) is 22.9 Å². The van der Waals surface area contributed by atoms with Crippen molar-refractivity contribution in [3.05, 3.63) is 65.7 Å². The summed E-state index contributed by atoms with van der Waals surface area (Å²) >= 11 is 0. The van der Waals surface area contributed by atoms with Gasteiger partial charge < -0.3 is 51.4 Å². The molecule has 3 aromatic rings. The van der Waals surface area contributed by atoms with Crippen molar-refractivity contribution in [1.82, 2.24) is 4.31 Å². The number of nitrogens with zero attached hydrogens (tertiary/aromatic N) is 1. The van der Waals surface area contributed by atoms with Gasteiger partial charge >= 0.3 is 0 Å². The fourth-order valence-corrected chi connectivity index (χ4v) is 5.49. The van der Waals surface area contributed by atoms with Crippen molar-refractivity contribution < 1.29 is 36.8 Å². The summed E-state index contributed by atoms with van der Waals surface area (Å²) in [5.74, 6) is 1.92. The molecular formula is C28H39N5O8S. The molecule has 0 heterocycles. The van der Waals surface area contributed by atoms with E-state index in [0.29, 0.717) is 34.1 Å². The summed E-state index contributed by atoms with van der Waals surface area (Å²) in [6.07, 6.45) is -1.51. The normalized spacial score (nSPS) is 11.6. The second kappa shape index (κ2) is 14.9. The first kappa shape index (κ1) is 32.7. The van der Waals surface area contributed by atoms with Crippen LogP contribution in [0.2, 0.25) is 0 Å². The van der Waals surface area contributed by atoms with Crippen molar-refractivity contribution >= 4 is 10.0 Å². The molecule has 0 amide bonds. The summed E-state index contributed by atoms with van der Waals surface area (Å²) in [6.45, 7) is -0.133. The largest absolute Gasteiger partial charge is 0.493 e. The molecule has 0 unspecified atom stereocenters. The van der Waals surface area contributed by atoms with Gasteiger partial charge in [0.15, 0.2) is 23.0 Å². The standard InChI is InChI=1S/C28H39N5O8S/c1-36-21-14-18(27(29)30)15-22(37-2)25(21)40-12-10-33(42(34,35)20-8-6-5-7-9-20)11-13-41-26-23(38-3)16-19(28(31)32)17-24(26)39-4/h5-9,14-17,27-28H,10-13,29-32H2,1-4H3. The number of hydrogen-bond donors (Lipinski definition) is 4. The number of methoxy groups -OCH3 is 4. The van der Waals surface area contributed by atoms with Gasteiger partial charge in [0.2, 0.25) is 21.5 Å². The van der Waals surface area contributed by atoms with Crippen molar-refractivity contribution in [2.45, 2.75) is 17.2 Å². The van der Waals surface area contributed by atoms with Crippen molar-refractivity contribution in [3.63, 3.8) is 0 Å². The predicted molar refractivity (Wildman–Crippen MR) is 158 cm³/mol. The fraction of sp³-hybridized carbons (Fsp3) is 0.357. The topological polar surface area (TPSA) is 197 Å². The van der Waals surface area contributed by atoms with Gasteiger partial charge in [-0.05, 0) is 47.5 Å². The molecule has 0 aromatic heterocycles. The third-order valence-corrected chi connectivity index (χ3v) is 8.20. The zero-order valence-corrected chi connectivity index (χ0v) is 24.9. The summed E-state index contributed by atoms with van der Waals surface area (Å²) in [6, 6.07) is 14.6. The van der Waals surface area contributed by atoms with Gasteiger partial charge in [-0.25, -0.2) is 8.42 Å². The highest BCUT2D eigenvalue weighted by atomic mass is 32.2. The average Bonchev–Trinajstić information content (AvgIpc) is 2.99. The van der Waals surface area contributed by atoms with Crippen LogP contribution >= 0.6 is 0 Å². The van der Waals surface area contributed by atoms with Crippen LogP contribution in [0.25, 0.3) is 0 Å². The lowest BCUT2D eigenvalue weighted by Gasteiger charge is -2.24. The van der Waals surface area contributed by atoms with Gasteiger partial charge in [-0.2, -0.15) is 4.31 Å². The Labute approximate surface area is 246 Å². The molecule has 0 saturated heterocycles. The first-order chi connectivity index (χ1) is 20.1. The summed E-state index contributed by atoms with van der Waals surface area (Å²) in [4.78, 5) is 0.123. The highest BCUT2D eigenvalue weighted by Gasteiger charge is 2.26. The Balaban J connectivity index is 1.84. The Hall–Kier alpha value is -3.79. The lowest BCUT2D eigenvalue weighted by molar-refractivity contribution is 0.219. The predicted octanol–water partition coefficient (Wildman–Crippen LogP) is 1.70. The Morgan fingerprint density at radius 1 is 0.643 bits per heavy atom. The third kappa shape index (κ3) is 7.73. The summed E-state index contributed by atoms with van der Waals surface area (Å²) < 4.78 is 62.2. The summed E-state index contributed by atoms with van der Waals surface area (Å²) in [5.41, 5.74) is 24.4. The van der Waals surface area contributed by atoms with Gasteiger partial charge in [0.1, 0.15) is 13.2 Å². The number of hydrogen-bond acceptors (Lipinski definition) is 12. The van der Waals surface area contributed by atoms with Crippen LogP contribution in [0, 0.1) is 0 Å². The Bertz CT molecular complexity index is 1300. The van der Waals surface area contributed by atoms with Gasteiger partial charge in [0.05, 0.1) is 45.7 Å². The molecule has 0 atom stereocenters. The van der Waals surface area contributed by atoms with E-state index in [0.717, 1.165) is 0 Å². The molecule has 13 nitrogen and oxygen atoms in total. The van der Waals surface area contributed by atoms with E-state index in [2.05, 4.69) is 0 Å². The van der Waals surface area contributed by atoms with Crippen molar-refractivity contribution in [2.75, 3.05) is 54.7 Å². The number of sulfonamides is 1. The third-order valence-electron chi connectivity index (χ3n) is 6.29. The molecule has 3 rings (SSSR count). The maximum Gasteiger partial charge on any atom is 0.243 e. The van der Waals surface area contributed by atoms with Crippen LogP contribution in [-0.4, -0.2) is 67.5 Å². The number of rotatable bonds is 16. The van der Waals surface area contributed by atoms with Crippen LogP contribution in [0.15, 0.2) is 59.5 Å². The molecule has 0 radical (unpaired) electrons. The molecule has 0 aliphatic heterocycles. The monoisotopic (exact) mass is 605 g/mol. The van der Waals surface area contributed by atoms with Gasteiger partial charge in [0.25, 0.3) is 0 Å². The van der Waals surface area contributed by atoms with E-state index in [1.165, 1.54) is 44.9 Å². The maximum atomic E-state index is 13.6. The molecular weight excluding hydrogens is 566 g/mol. The van der Waals surface area contributed by atoms with Crippen LogP contribution in [0.1, 0.15) is 23.5 Å². The molecule has 0 bridgehead atoms. The van der Waals surface area contributed by atoms with E-state index < -0.39 is 22.4 Å². The molecule has 42 heavy (non-hydrogen) atoms. The smallest absolute Gasteiger partial charge is 0.243 e. The summed E-state index contributed by atoms with van der Waals surface area (Å²) in [5, 5.41) is 0. The molecule has 8 N–H and O–H groups in total. The highest BCUT2D eigenvalue weighted by molar-refractivity contribution is 7.89. The van der Waals surface area contributed by atoms with Crippen LogP contribution in [0.4, 0.5) is 0 Å². The van der Waals surface area contributed by atoms with Crippen LogP contribution in [0.3, 0.4) is 0 Å². The first-order valence-corrected chi connectivity index (χ1v) is 14.4. The van der Waals surface area contributed by atoms with Crippen LogP contribution in [-0.2, 0) is 10.0 Å². The zero-order chi connectivity index (χ0) is 30.9. The Morgan fingerprint density at radius 3 is 1.31 bits per heavy atom. The minimum absolute atomic E-state index is 0.0275. The Morgan fingerprint density at radius 2 is 1.00 bits per heavy atom. The fourth-order valence-electron chi connectivity index (χ4n) is 4.06. The van der Waals surface area contributed by atoms with Gasteiger partial charge in [-0.1, -0.05) is 18.2 Å². The second-order valence-corrected chi connectivity index (χ2v) is 10.9. The number of nitrogens with two attached hydrogens (primary N) is 4. The quantitative estimate of drug-likeness (QED) is 0.173. The van der Waals surface area contributed by atoms with E-state index in [1.54, 1.807) is 42.5 Å². The highest BCUT2D eigenvalue weighted by Crippen LogP contribution is 2.40. The number of ether oxygens (including phenoxy) is 6. The van der Waals surface area contributed by atoms with Gasteiger partial charge in [0, 0.05) is 13.1 Å². The summed E-state index contributed by atoms with van der Waals surface area (Å²) in [7, 11) is 1.94. The first-order valence-electron chi connectivity index (χ1n) is 12.9. The van der Waals surface area contributed by atoms with Gasteiger partial charge in [-0.3, -0.25) is 0 Å². The lowest BCUT2D eigenvalue weighted by atomic mass is 10.1. The van der Waals surface area contributed by atoms with Crippen molar-refractivity contribution in [1.29, 1.82) is 0 Å². The van der Waals surface area contributed by atoms with E-state index in [4.69, 9.17) is 51.4 Å². The molecule has 0 fully saturated rings. The molecule has 0 aliphatic rings. The minimum atomic E-state index is -3.93. The average molecular weight is 606 g/mol. The van der Waals surface area contributed by atoms with E-state index >= 15 is 0 Å².